The van der Waals surface area contributed by atoms with Crippen molar-refractivity contribution >= 4 is 39.4 Å². The maximum absolute atomic E-state index is 11.7. The number of hydrogen-bond acceptors (Lipinski definition) is 2. The molecule has 0 saturated carbocycles. The van der Waals surface area contributed by atoms with Gasteiger partial charge in [-0.1, -0.05) is 11.6 Å². The first-order chi connectivity index (χ1) is 7.82. The number of carbonyl (C=O) groups excluding carboxylic acids is 1. The fraction of sp³-hybridized carbons (Fsp3) is 0.273. The summed E-state index contributed by atoms with van der Waals surface area (Å²) < 4.78 is 0.724. The van der Waals surface area contributed by atoms with Crippen molar-refractivity contribution in [3.05, 3.63) is 32.8 Å². The molecule has 0 fully saturated rings. The van der Waals surface area contributed by atoms with Gasteiger partial charge in [-0.15, -0.1) is 0 Å². The maximum Gasteiger partial charge on any atom is 0.325 e. The van der Waals surface area contributed by atoms with Gasteiger partial charge in [0.1, 0.15) is 6.04 Å². The summed E-state index contributed by atoms with van der Waals surface area (Å²) in [5, 5.41) is 11.5. The summed E-state index contributed by atoms with van der Waals surface area (Å²) in [7, 11) is 0. The van der Waals surface area contributed by atoms with Gasteiger partial charge in [0.15, 0.2) is 0 Å². The molecule has 92 valence electrons. The summed E-state index contributed by atoms with van der Waals surface area (Å²) in [6.07, 6.45) is 0. The number of rotatable bonds is 3. The minimum absolute atomic E-state index is 0.337. The Bertz CT molecular complexity index is 453. The monoisotopic (exact) mass is 319 g/mol. The molecule has 1 aromatic rings. The standard InChI is InChI=1S/C11H11BrClNO3/c1-5-3-7(4-8(13)9(5)12)10(15)14-6(2)11(16)17/h3-4,6H,1-2H3,(H,14,15)(H,16,17)/t6-/m0/s1. The Morgan fingerprint density at radius 3 is 2.53 bits per heavy atom. The van der Waals surface area contributed by atoms with E-state index in [9.17, 15) is 9.59 Å². The topological polar surface area (TPSA) is 66.4 Å². The third-order valence-electron chi connectivity index (χ3n) is 2.19. The number of benzene rings is 1. The van der Waals surface area contributed by atoms with Gasteiger partial charge in [0.2, 0.25) is 0 Å². The zero-order valence-corrected chi connectivity index (χ0v) is 11.6. The summed E-state index contributed by atoms with van der Waals surface area (Å²) in [6, 6.07) is 2.19. The van der Waals surface area contributed by atoms with Crippen LogP contribution in [0.1, 0.15) is 22.8 Å². The van der Waals surface area contributed by atoms with Crippen molar-refractivity contribution in [2.45, 2.75) is 19.9 Å². The van der Waals surface area contributed by atoms with Crippen molar-refractivity contribution in [2.75, 3.05) is 0 Å². The number of carbonyl (C=O) groups is 2. The van der Waals surface area contributed by atoms with Gasteiger partial charge in [0.25, 0.3) is 5.91 Å². The number of amides is 1. The number of aryl methyl sites for hydroxylation is 1. The van der Waals surface area contributed by atoms with E-state index in [4.69, 9.17) is 16.7 Å². The van der Waals surface area contributed by atoms with Crippen LogP contribution in [0.15, 0.2) is 16.6 Å². The molecule has 1 amide bonds. The largest absolute Gasteiger partial charge is 0.480 e. The van der Waals surface area contributed by atoms with Gasteiger partial charge >= 0.3 is 5.97 Å². The molecule has 1 atom stereocenters. The highest BCUT2D eigenvalue weighted by atomic mass is 79.9. The van der Waals surface area contributed by atoms with Crippen LogP contribution in [0.4, 0.5) is 0 Å². The van der Waals surface area contributed by atoms with Crippen molar-refractivity contribution in [3.8, 4) is 0 Å². The molecule has 2 N–H and O–H groups in total. The van der Waals surface area contributed by atoms with E-state index in [2.05, 4.69) is 21.2 Å². The van der Waals surface area contributed by atoms with Gasteiger partial charge in [-0.3, -0.25) is 9.59 Å². The Labute approximate surface area is 112 Å². The summed E-state index contributed by atoms with van der Waals surface area (Å²) in [6.45, 7) is 3.20. The zero-order chi connectivity index (χ0) is 13.2. The fourth-order valence-corrected chi connectivity index (χ4v) is 1.69. The van der Waals surface area contributed by atoms with E-state index in [1.807, 2.05) is 0 Å². The maximum atomic E-state index is 11.7. The second-order valence-electron chi connectivity index (χ2n) is 3.62. The first-order valence-corrected chi connectivity index (χ1v) is 5.99. The molecule has 0 aliphatic rings. The van der Waals surface area contributed by atoms with E-state index in [-0.39, 0.29) is 0 Å². The van der Waals surface area contributed by atoms with Crippen LogP contribution in [0.25, 0.3) is 0 Å². The van der Waals surface area contributed by atoms with E-state index in [0.717, 1.165) is 10.0 Å². The quantitative estimate of drug-likeness (QED) is 0.899. The number of halogens is 2. The third-order valence-corrected chi connectivity index (χ3v) is 3.77. The minimum atomic E-state index is -1.08. The highest BCUT2D eigenvalue weighted by Gasteiger charge is 2.16. The Kier molecular flexibility index (Phi) is 4.54. The highest BCUT2D eigenvalue weighted by molar-refractivity contribution is 9.10. The number of hydrogen-bond donors (Lipinski definition) is 2. The van der Waals surface area contributed by atoms with Crippen molar-refractivity contribution in [1.82, 2.24) is 5.32 Å². The molecule has 4 nitrogen and oxygen atoms in total. The molecule has 6 heteroatoms. The number of nitrogens with one attached hydrogen (secondary N) is 1. The number of aliphatic carboxylic acids is 1. The second kappa shape index (κ2) is 5.51. The molecular formula is C11H11BrClNO3. The SMILES string of the molecule is Cc1cc(C(=O)N[C@@H](C)C(=O)O)cc(Cl)c1Br. The highest BCUT2D eigenvalue weighted by Crippen LogP contribution is 2.27. The van der Waals surface area contributed by atoms with Crippen molar-refractivity contribution in [2.24, 2.45) is 0 Å². The van der Waals surface area contributed by atoms with E-state index in [0.29, 0.717) is 10.6 Å². The molecule has 0 aromatic heterocycles. The second-order valence-corrected chi connectivity index (χ2v) is 4.82. The van der Waals surface area contributed by atoms with Gasteiger partial charge < -0.3 is 10.4 Å². The van der Waals surface area contributed by atoms with Crippen LogP contribution >= 0.6 is 27.5 Å². The third kappa shape index (κ3) is 3.44. The molecule has 0 spiro atoms. The lowest BCUT2D eigenvalue weighted by Crippen LogP contribution is -2.38. The first kappa shape index (κ1) is 14.0. The predicted octanol–water partition coefficient (Wildman–Crippen LogP) is 2.61. The average Bonchev–Trinajstić information content (AvgIpc) is 2.24. The first-order valence-electron chi connectivity index (χ1n) is 4.82. The zero-order valence-electron chi connectivity index (χ0n) is 9.25. The average molecular weight is 321 g/mol. The van der Waals surface area contributed by atoms with Crippen molar-refractivity contribution < 1.29 is 14.7 Å². The Morgan fingerprint density at radius 1 is 1.47 bits per heavy atom. The molecule has 1 rings (SSSR count). The van der Waals surface area contributed by atoms with E-state index in [1.54, 1.807) is 13.0 Å². The lowest BCUT2D eigenvalue weighted by atomic mass is 10.1. The van der Waals surface area contributed by atoms with Crippen LogP contribution in [0.5, 0.6) is 0 Å². The van der Waals surface area contributed by atoms with Crippen LogP contribution in [-0.4, -0.2) is 23.0 Å². The molecule has 0 aliphatic heterocycles. The minimum Gasteiger partial charge on any atom is -0.480 e. The molecule has 0 saturated heterocycles. The van der Waals surface area contributed by atoms with Crippen LogP contribution in [0.2, 0.25) is 5.02 Å². The van der Waals surface area contributed by atoms with Crippen LogP contribution in [0, 0.1) is 6.92 Å². The van der Waals surface area contributed by atoms with Crippen molar-refractivity contribution in [1.29, 1.82) is 0 Å². The Hall–Kier alpha value is -1.07. The lowest BCUT2D eigenvalue weighted by Gasteiger charge is -2.10. The lowest BCUT2D eigenvalue weighted by molar-refractivity contribution is -0.138. The Balaban J connectivity index is 2.94. The molecule has 1 aromatic carbocycles. The van der Waals surface area contributed by atoms with Crippen LogP contribution in [0.3, 0.4) is 0 Å². The molecule has 0 radical (unpaired) electrons. The molecular weight excluding hydrogens is 309 g/mol. The van der Waals surface area contributed by atoms with Crippen molar-refractivity contribution in [3.63, 3.8) is 0 Å². The normalized spacial score (nSPS) is 12.0. The van der Waals surface area contributed by atoms with Gasteiger partial charge in [-0.05, 0) is 47.5 Å². The molecule has 17 heavy (non-hydrogen) atoms. The number of carboxylic acids is 1. The fourth-order valence-electron chi connectivity index (χ4n) is 1.20. The van der Waals surface area contributed by atoms with Crippen LogP contribution < -0.4 is 5.32 Å². The summed E-state index contributed by atoms with van der Waals surface area (Å²) >= 11 is 9.20. The molecule has 0 aliphatic carbocycles. The molecule has 0 heterocycles. The molecule has 0 unspecified atom stereocenters. The Morgan fingerprint density at radius 2 is 2.06 bits per heavy atom. The summed E-state index contributed by atoms with van der Waals surface area (Å²) in [5.41, 5.74) is 1.15. The van der Waals surface area contributed by atoms with Gasteiger partial charge in [0, 0.05) is 10.0 Å². The van der Waals surface area contributed by atoms with Gasteiger partial charge in [-0.25, -0.2) is 0 Å². The smallest absolute Gasteiger partial charge is 0.325 e. The van der Waals surface area contributed by atoms with E-state index >= 15 is 0 Å². The van der Waals surface area contributed by atoms with E-state index in [1.165, 1.54) is 13.0 Å². The van der Waals surface area contributed by atoms with Gasteiger partial charge in [-0.2, -0.15) is 0 Å². The van der Waals surface area contributed by atoms with Gasteiger partial charge in [0.05, 0.1) is 5.02 Å². The molecule has 0 bridgehead atoms. The van der Waals surface area contributed by atoms with Crippen LogP contribution in [-0.2, 0) is 4.79 Å². The number of carboxylic acid groups (broad SMARTS) is 1. The predicted molar refractivity (Wildman–Crippen MR) is 68.5 cm³/mol. The summed E-state index contributed by atoms with van der Waals surface area (Å²) in [4.78, 5) is 22.3. The van der Waals surface area contributed by atoms with E-state index < -0.39 is 17.9 Å². The summed E-state index contributed by atoms with van der Waals surface area (Å²) in [5.74, 6) is -1.55.